The Hall–Kier alpha value is -1.88. The molecular formula is C11H12N2O3. The molecular weight excluding hydrogens is 208 g/mol. The van der Waals surface area contributed by atoms with Gasteiger partial charge >= 0.3 is 0 Å². The van der Waals surface area contributed by atoms with Crippen molar-refractivity contribution in [2.24, 2.45) is 0 Å². The van der Waals surface area contributed by atoms with E-state index >= 15 is 0 Å². The summed E-state index contributed by atoms with van der Waals surface area (Å²) in [6, 6.07) is 4.64. The molecule has 1 aliphatic heterocycles. The predicted molar refractivity (Wildman–Crippen MR) is 59.2 cm³/mol. The topological polar surface area (TPSA) is 75.4 Å². The third-order valence-corrected chi connectivity index (χ3v) is 2.77. The molecule has 0 unspecified atom stereocenters. The zero-order valence-electron chi connectivity index (χ0n) is 8.64. The Bertz CT molecular complexity index is 457. The van der Waals surface area contributed by atoms with E-state index in [0.29, 0.717) is 13.0 Å². The van der Waals surface area contributed by atoms with Crippen molar-refractivity contribution < 1.29 is 10.0 Å². The van der Waals surface area contributed by atoms with Gasteiger partial charge in [0.1, 0.15) is 5.76 Å². The van der Waals surface area contributed by atoms with Gasteiger partial charge in [0.2, 0.25) is 0 Å². The Morgan fingerprint density at radius 2 is 2.31 bits per heavy atom. The van der Waals surface area contributed by atoms with Crippen molar-refractivity contribution in [2.75, 3.05) is 0 Å². The number of benzene rings is 1. The first-order chi connectivity index (χ1) is 7.58. The average Bonchev–Trinajstić information content (AvgIpc) is 2.27. The van der Waals surface area contributed by atoms with Gasteiger partial charge in [-0.3, -0.25) is 10.1 Å². The largest absolute Gasteiger partial charge is 0.511 e. The minimum Gasteiger partial charge on any atom is -0.511 e. The van der Waals surface area contributed by atoms with Crippen LogP contribution in [0.3, 0.4) is 0 Å². The SMILES string of the molecule is C=C(O)[C@H]1Cc2ccc([N+](=O)[O-])cc2CN1. The van der Waals surface area contributed by atoms with Gasteiger partial charge in [-0.2, -0.15) is 0 Å². The van der Waals surface area contributed by atoms with Gasteiger partial charge in [-0.15, -0.1) is 0 Å². The number of nitrogens with one attached hydrogen (secondary N) is 1. The molecule has 1 aromatic rings. The lowest BCUT2D eigenvalue weighted by Gasteiger charge is -2.24. The van der Waals surface area contributed by atoms with Crippen molar-refractivity contribution in [1.29, 1.82) is 0 Å². The highest BCUT2D eigenvalue weighted by atomic mass is 16.6. The molecule has 0 aromatic heterocycles. The number of aliphatic hydroxyl groups is 1. The van der Waals surface area contributed by atoms with Crippen LogP contribution in [0.15, 0.2) is 30.5 Å². The molecule has 0 spiro atoms. The van der Waals surface area contributed by atoms with Gasteiger partial charge in [0, 0.05) is 18.7 Å². The molecule has 0 saturated carbocycles. The fraction of sp³-hybridized carbons (Fsp3) is 0.273. The summed E-state index contributed by atoms with van der Waals surface area (Å²) in [6.45, 7) is 4.00. The smallest absolute Gasteiger partial charge is 0.269 e. The summed E-state index contributed by atoms with van der Waals surface area (Å²) in [7, 11) is 0. The molecule has 5 nitrogen and oxygen atoms in total. The van der Waals surface area contributed by atoms with Gasteiger partial charge in [-0.05, 0) is 17.5 Å². The molecule has 1 atom stereocenters. The summed E-state index contributed by atoms with van der Waals surface area (Å²) in [5.41, 5.74) is 2.03. The lowest BCUT2D eigenvalue weighted by atomic mass is 9.95. The molecule has 0 fully saturated rings. The molecule has 0 amide bonds. The van der Waals surface area contributed by atoms with Gasteiger partial charge in [-0.1, -0.05) is 12.6 Å². The van der Waals surface area contributed by atoms with Crippen LogP contribution < -0.4 is 5.32 Å². The molecule has 2 rings (SSSR count). The first-order valence-electron chi connectivity index (χ1n) is 4.95. The second-order valence-corrected chi connectivity index (χ2v) is 3.84. The van der Waals surface area contributed by atoms with E-state index in [1.807, 2.05) is 0 Å². The van der Waals surface area contributed by atoms with Crippen molar-refractivity contribution in [3.8, 4) is 0 Å². The van der Waals surface area contributed by atoms with Crippen LogP contribution in [0.1, 0.15) is 11.1 Å². The highest BCUT2D eigenvalue weighted by Crippen LogP contribution is 2.23. The van der Waals surface area contributed by atoms with Gasteiger partial charge in [0.25, 0.3) is 5.69 Å². The Morgan fingerprint density at radius 1 is 1.56 bits per heavy atom. The Kier molecular flexibility index (Phi) is 2.62. The first-order valence-corrected chi connectivity index (χ1v) is 4.95. The summed E-state index contributed by atoms with van der Waals surface area (Å²) in [5, 5.41) is 22.9. The van der Waals surface area contributed by atoms with E-state index in [1.54, 1.807) is 12.1 Å². The molecule has 1 aromatic carbocycles. The third-order valence-electron chi connectivity index (χ3n) is 2.77. The summed E-state index contributed by atoms with van der Waals surface area (Å²) < 4.78 is 0. The molecule has 2 N–H and O–H groups in total. The van der Waals surface area contributed by atoms with E-state index in [1.165, 1.54) is 6.07 Å². The van der Waals surface area contributed by atoms with E-state index in [-0.39, 0.29) is 17.5 Å². The maximum absolute atomic E-state index is 10.6. The monoisotopic (exact) mass is 220 g/mol. The van der Waals surface area contributed by atoms with Crippen molar-refractivity contribution in [3.63, 3.8) is 0 Å². The van der Waals surface area contributed by atoms with Crippen LogP contribution in [0.5, 0.6) is 0 Å². The fourth-order valence-corrected chi connectivity index (χ4v) is 1.85. The van der Waals surface area contributed by atoms with Crippen LogP contribution >= 0.6 is 0 Å². The highest BCUT2D eigenvalue weighted by molar-refractivity contribution is 5.41. The second kappa shape index (κ2) is 3.94. The van der Waals surface area contributed by atoms with Crippen molar-refractivity contribution in [3.05, 3.63) is 51.8 Å². The number of nitro groups is 1. The second-order valence-electron chi connectivity index (χ2n) is 3.84. The van der Waals surface area contributed by atoms with Crippen LogP contribution in [0, 0.1) is 10.1 Å². The van der Waals surface area contributed by atoms with E-state index in [9.17, 15) is 15.2 Å². The van der Waals surface area contributed by atoms with Crippen LogP contribution in [0.4, 0.5) is 5.69 Å². The Labute approximate surface area is 92.6 Å². The molecule has 5 heteroatoms. The molecule has 16 heavy (non-hydrogen) atoms. The molecule has 0 radical (unpaired) electrons. The predicted octanol–water partition coefficient (Wildman–Crippen LogP) is 1.68. The van der Waals surface area contributed by atoms with Crippen LogP contribution in [0.25, 0.3) is 0 Å². The van der Waals surface area contributed by atoms with Crippen molar-refractivity contribution in [2.45, 2.75) is 19.0 Å². The summed E-state index contributed by atoms with van der Waals surface area (Å²) in [5.74, 6) is 0.101. The molecule has 0 saturated heterocycles. The van der Waals surface area contributed by atoms with Crippen LogP contribution in [-0.4, -0.2) is 16.1 Å². The van der Waals surface area contributed by atoms with Crippen LogP contribution in [-0.2, 0) is 13.0 Å². The van der Waals surface area contributed by atoms with Crippen molar-refractivity contribution >= 4 is 5.69 Å². The average molecular weight is 220 g/mol. The Morgan fingerprint density at radius 3 is 2.94 bits per heavy atom. The number of hydrogen-bond acceptors (Lipinski definition) is 4. The summed E-state index contributed by atoms with van der Waals surface area (Å²) in [4.78, 5) is 10.2. The molecule has 84 valence electrons. The zero-order chi connectivity index (χ0) is 11.7. The van der Waals surface area contributed by atoms with E-state index in [2.05, 4.69) is 11.9 Å². The maximum Gasteiger partial charge on any atom is 0.269 e. The summed E-state index contributed by atoms with van der Waals surface area (Å²) >= 11 is 0. The molecule has 1 aliphatic rings. The van der Waals surface area contributed by atoms with Gasteiger partial charge in [-0.25, -0.2) is 0 Å². The number of fused-ring (bicyclic) bond motifs is 1. The van der Waals surface area contributed by atoms with Crippen LogP contribution in [0.2, 0.25) is 0 Å². The maximum atomic E-state index is 10.6. The lowest BCUT2D eigenvalue weighted by Crippen LogP contribution is -2.36. The number of nitrogens with zero attached hydrogens (tertiary/aromatic N) is 1. The number of nitro benzene ring substituents is 1. The Balaban J connectivity index is 2.29. The number of hydrogen-bond donors (Lipinski definition) is 2. The molecule has 0 aliphatic carbocycles. The normalized spacial score (nSPS) is 18.9. The summed E-state index contributed by atoms with van der Waals surface area (Å²) in [6.07, 6.45) is 0.614. The molecule has 0 bridgehead atoms. The van der Waals surface area contributed by atoms with E-state index < -0.39 is 4.92 Å². The minimum atomic E-state index is -0.405. The number of rotatable bonds is 2. The van der Waals surface area contributed by atoms with E-state index in [0.717, 1.165) is 11.1 Å². The quantitative estimate of drug-likeness (QED) is 0.451. The zero-order valence-corrected chi connectivity index (χ0v) is 8.64. The van der Waals surface area contributed by atoms with Gasteiger partial charge in [0.15, 0.2) is 0 Å². The van der Waals surface area contributed by atoms with Crippen molar-refractivity contribution in [1.82, 2.24) is 5.32 Å². The lowest BCUT2D eigenvalue weighted by molar-refractivity contribution is -0.384. The number of aliphatic hydroxyl groups excluding tert-OH is 1. The first kappa shape index (κ1) is 10.6. The van der Waals surface area contributed by atoms with Gasteiger partial charge < -0.3 is 10.4 Å². The molecule has 1 heterocycles. The third kappa shape index (κ3) is 1.90. The number of non-ortho nitro benzene ring substituents is 1. The standard InChI is InChI=1S/C11H12N2O3/c1-7(14)11-5-8-2-3-10(13(15)16)4-9(8)6-12-11/h2-4,11-12,14H,1,5-6H2/t11-/m1/s1. The highest BCUT2D eigenvalue weighted by Gasteiger charge is 2.21. The fourth-order valence-electron chi connectivity index (χ4n) is 1.85. The minimum absolute atomic E-state index is 0.0989. The van der Waals surface area contributed by atoms with E-state index in [4.69, 9.17) is 0 Å². The van der Waals surface area contributed by atoms with Gasteiger partial charge in [0.05, 0.1) is 11.0 Å².